The number of hydrogen-bond donors (Lipinski definition) is 1. The molecule has 0 saturated carbocycles. The van der Waals surface area contributed by atoms with Crippen LogP contribution < -0.4 is 5.32 Å². The highest BCUT2D eigenvalue weighted by atomic mass is 15.1. The fourth-order valence-electron chi connectivity index (χ4n) is 2.81. The monoisotopic (exact) mass is 289 g/mol. The number of hydrogen-bond acceptors (Lipinski definition) is 3. The first kappa shape index (κ1) is 16.4. The maximum Gasteiger partial charge on any atom is 0.0544 e. The molecule has 0 spiro atoms. The largest absolute Gasteiger partial charge is 0.310 e. The van der Waals surface area contributed by atoms with Crippen molar-refractivity contribution in [1.82, 2.24) is 15.2 Å². The van der Waals surface area contributed by atoms with Crippen molar-refractivity contribution < 1.29 is 0 Å². The first-order chi connectivity index (χ1) is 10.0. The van der Waals surface area contributed by atoms with Crippen molar-refractivity contribution >= 4 is 0 Å². The van der Waals surface area contributed by atoms with E-state index in [1.807, 2.05) is 6.20 Å². The van der Waals surface area contributed by atoms with Crippen molar-refractivity contribution in [2.75, 3.05) is 13.1 Å². The van der Waals surface area contributed by atoms with Gasteiger partial charge in [0.1, 0.15) is 0 Å². The van der Waals surface area contributed by atoms with E-state index < -0.39 is 0 Å². The van der Waals surface area contributed by atoms with Gasteiger partial charge >= 0.3 is 0 Å². The smallest absolute Gasteiger partial charge is 0.0544 e. The minimum atomic E-state index is 0.519. The number of rotatable bonds is 6. The Morgan fingerprint density at radius 3 is 2.52 bits per heavy atom. The quantitative estimate of drug-likeness (QED) is 0.867. The van der Waals surface area contributed by atoms with Gasteiger partial charge in [-0.1, -0.05) is 40.2 Å². The molecule has 1 aliphatic rings. The Morgan fingerprint density at radius 2 is 2.00 bits per heavy atom. The third-order valence-corrected chi connectivity index (χ3v) is 4.90. The third kappa shape index (κ3) is 5.08. The van der Waals surface area contributed by atoms with E-state index in [4.69, 9.17) is 0 Å². The first-order valence-corrected chi connectivity index (χ1v) is 8.40. The van der Waals surface area contributed by atoms with E-state index in [0.29, 0.717) is 11.5 Å². The lowest BCUT2D eigenvalue weighted by molar-refractivity contribution is 0.109. The molecule has 3 heteroatoms. The van der Waals surface area contributed by atoms with Crippen LogP contribution in [0, 0.1) is 5.41 Å². The second-order valence-corrected chi connectivity index (χ2v) is 7.13. The van der Waals surface area contributed by atoms with Gasteiger partial charge in [0.05, 0.1) is 5.69 Å². The molecule has 0 aromatic carbocycles. The van der Waals surface area contributed by atoms with E-state index in [1.165, 1.54) is 43.6 Å². The van der Waals surface area contributed by atoms with Crippen molar-refractivity contribution in [2.24, 2.45) is 5.41 Å². The van der Waals surface area contributed by atoms with Gasteiger partial charge in [0, 0.05) is 25.3 Å². The van der Waals surface area contributed by atoms with Crippen LogP contribution in [0.25, 0.3) is 0 Å². The molecule has 1 aromatic rings. The lowest BCUT2D eigenvalue weighted by atomic mass is 9.78. The lowest BCUT2D eigenvalue weighted by Gasteiger charge is -2.38. The zero-order chi connectivity index (χ0) is 15.3. The van der Waals surface area contributed by atoms with Gasteiger partial charge < -0.3 is 5.32 Å². The van der Waals surface area contributed by atoms with Crippen molar-refractivity contribution in [3.05, 3.63) is 29.6 Å². The van der Waals surface area contributed by atoms with Crippen LogP contribution in [0.15, 0.2) is 18.3 Å². The highest BCUT2D eigenvalue weighted by Crippen LogP contribution is 2.34. The maximum atomic E-state index is 4.63. The molecule has 0 radical (unpaired) electrons. The summed E-state index contributed by atoms with van der Waals surface area (Å²) in [5.74, 6) is 0. The second kappa shape index (κ2) is 7.37. The van der Waals surface area contributed by atoms with Crippen molar-refractivity contribution in [1.29, 1.82) is 0 Å². The van der Waals surface area contributed by atoms with Crippen LogP contribution in [0.5, 0.6) is 0 Å². The summed E-state index contributed by atoms with van der Waals surface area (Å²) in [6.07, 6.45) is 5.96. The summed E-state index contributed by atoms with van der Waals surface area (Å²) in [6.45, 7) is 13.4. The summed E-state index contributed by atoms with van der Waals surface area (Å²) in [5, 5.41) is 3.43. The molecular weight excluding hydrogens is 258 g/mol. The lowest BCUT2D eigenvalue weighted by Crippen LogP contribution is -2.38. The molecule has 0 bridgehead atoms. The molecule has 1 aliphatic heterocycles. The fraction of sp³-hybridized carbons (Fsp3) is 0.722. The Bertz CT molecular complexity index is 417. The molecule has 1 N–H and O–H groups in total. The molecule has 0 amide bonds. The Balaban J connectivity index is 1.81. The minimum absolute atomic E-state index is 0.519. The minimum Gasteiger partial charge on any atom is -0.310 e. The van der Waals surface area contributed by atoms with Crippen molar-refractivity contribution in [3.63, 3.8) is 0 Å². The Morgan fingerprint density at radius 1 is 1.29 bits per heavy atom. The SMILES string of the molecule is CCC1(C)CCN(Cc2ccc(CNC(C)C)cn2)CC1. The van der Waals surface area contributed by atoms with Gasteiger partial charge in [0.25, 0.3) is 0 Å². The average molecular weight is 289 g/mol. The van der Waals surface area contributed by atoms with E-state index in [9.17, 15) is 0 Å². The van der Waals surface area contributed by atoms with Crippen LogP contribution in [-0.2, 0) is 13.1 Å². The first-order valence-electron chi connectivity index (χ1n) is 8.40. The normalized spacial score (nSPS) is 19.1. The van der Waals surface area contributed by atoms with E-state index >= 15 is 0 Å². The van der Waals surface area contributed by atoms with E-state index in [0.717, 1.165) is 13.1 Å². The fourth-order valence-corrected chi connectivity index (χ4v) is 2.81. The van der Waals surface area contributed by atoms with Gasteiger partial charge in [-0.05, 0) is 43.0 Å². The summed E-state index contributed by atoms with van der Waals surface area (Å²) in [4.78, 5) is 7.17. The topological polar surface area (TPSA) is 28.2 Å². The standard InChI is InChI=1S/C18H31N3/c1-5-18(4)8-10-21(11-9-18)14-17-7-6-16(13-20-17)12-19-15(2)3/h6-7,13,15,19H,5,8-12,14H2,1-4H3. The number of nitrogens with zero attached hydrogens (tertiary/aromatic N) is 2. The summed E-state index contributed by atoms with van der Waals surface area (Å²) in [7, 11) is 0. The second-order valence-electron chi connectivity index (χ2n) is 7.13. The van der Waals surface area contributed by atoms with E-state index in [-0.39, 0.29) is 0 Å². The molecule has 0 unspecified atom stereocenters. The summed E-state index contributed by atoms with van der Waals surface area (Å²) < 4.78 is 0. The van der Waals surface area contributed by atoms with Crippen molar-refractivity contribution in [3.8, 4) is 0 Å². The van der Waals surface area contributed by atoms with Gasteiger partial charge in [-0.15, -0.1) is 0 Å². The molecule has 3 nitrogen and oxygen atoms in total. The van der Waals surface area contributed by atoms with Crippen LogP contribution in [0.4, 0.5) is 0 Å². The average Bonchev–Trinajstić information content (AvgIpc) is 2.49. The Kier molecular flexibility index (Phi) is 5.77. The van der Waals surface area contributed by atoms with Gasteiger partial charge in [-0.2, -0.15) is 0 Å². The molecule has 2 rings (SSSR count). The molecule has 21 heavy (non-hydrogen) atoms. The number of pyridine rings is 1. The molecule has 1 aromatic heterocycles. The number of piperidine rings is 1. The van der Waals surface area contributed by atoms with Crippen LogP contribution >= 0.6 is 0 Å². The van der Waals surface area contributed by atoms with Gasteiger partial charge in [-0.25, -0.2) is 0 Å². The van der Waals surface area contributed by atoms with Crippen LogP contribution in [-0.4, -0.2) is 29.0 Å². The number of aromatic nitrogens is 1. The van der Waals surface area contributed by atoms with Crippen LogP contribution in [0.2, 0.25) is 0 Å². The molecule has 1 fully saturated rings. The molecule has 1 saturated heterocycles. The predicted octanol–water partition coefficient (Wildman–Crippen LogP) is 3.59. The highest BCUT2D eigenvalue weighted by molar-refractivity contribution is 5.14. The molecular formula is C18H31N3. The van der Waals surface area contributed by atoms with Crippen LogP contribution in [0.3, 0.4) is 0 Å². The zero-order valence-corrected chi connectivity index (χ0v) is 14.2. The third-order valence-electron chi connectivity index (χ3n) is 4.90. The Labute approximate surface area is 130 Å². The molecule has 2 heterocycles. The maximum absolute atomic E-state index is 4.63. The van der Waals surface area contributed by atoms with Gasteiger partial charge in [0.15, 0.2) is 0 Å². The zero-order valence-electron chi connectivity index (χ0n) is 14.2. The summed E-state index contributed by atoms with van der Waals surface area (Å²) >= 11 is 0. The Hall–Kier alpha value is -0.930. The molecule has 118 valence electrons. The highest BCUT2D eigenvalue weighted by Gasteiger charge is 2.28. The predicted molar refractivity (Wildman–Crippen MR) is 89.1 cm³/mol. The van der Waals surface area contributed by atoms with Crippen LogP contribution in [0.1, 0.15) is 58.2 Å². The van der Waals surface area contributed by atoms with E-state index in [1.54, 1.807) is 0 Å². The number of likely N-dealkylation sites (tertiary alicyclic amines) is 1. The van der Waals surface area contributed by atoms with Crippen molar-refractivity contribution in [2.45, 2.75) is 66.1 Å². The molecule has 0 aliphatic carbocycles. The van der Waals surface area contributed by atoms with Gasteiger partial charge in [-0.3, -0.25) is 9.88 Å². The summed E-state index contributed by atoms with van der Waals surface area (Å²) in [6, 6.07) is 4.91. The van der Waals surface area contributed by atoms with Gasteiger partial charge in [0.2, 0.25) is 0 Å². The summed E-state index contributed by atoms with van der Waals surface area (Å²) in [5.41, 5.74) is 3.03. The number of nitrogens with one attached hydrogen (secondary N) is 1. The molecule has 0 atom stereocenters. The van der Waals surface area contributed by atoms with E-state index in [2.05, 4.69) is 55.0 Å².